The Morgan fingerprint density at radius 2 is 2.05 bits per heavy atom. The van der Waals surface area contributed by atoms with Gasteiger partial charge in [-0.25, -0.2) is 0 Å². The number of hydrogen-bond donors (Lipinski definition) is 2. The van der Waals surface area contributed by atoms with Gasteiger partial charge < -0.3 is 15.8 Å². The van der Waals surface area contributed by atoms with Crippen LogP contribution in [-0.2, 0) is 9.53 Å². The van der Waals surface area contributed by atoms with Crippen molar-refractivity contribution in [2.45, 2.75) is 39.7 Å². The number of benzene rings is 1. The van der Waals surface area contributed by atoms with Crippen LogP contribution in [0, 0.1) is 19.3 Å². The van der Waals surface area contributed by atoms with E-state index < -0.39 is 5.41 Å². The third kappa shape index (κ3) is 3.44. The molecule has 2 rings (SSSR count). The van der Waals surface area contributed by atoms with Crippen molar-refractivity contribution < 1.29 is 9.53 Å². The van der Waals surface area contributed by atoms with Crippen molar-refractivity contribution in [3.8, 4) is 0 Å². The summed E-state index contributed by atoms with van der Waals surface area (Å²) in [6.07, 6.45) is 1.41. The summed E-state index contributed by atoms with van der Waals surface area (Å²) in [7, 11) is 0. The average molecular weight is 290 g/mol. The number of amides is 1. The Kier molecular flexibility index (Phi) is 5.01. The standard InChI is InChI=1S/C17H26N2O2/c1-12-4-5-13(2)15(10-12)14(3)19-16(20)17(11-18)6-8-21-9-7-17/h4-5,10,14H,6-9,11,18H2,1-3H3,(H,19,20). The maximum atomic E-state index is 12.7. The molecule has 21 heavy (non-hydrogen) atoms. The molecule has 0 aromatic heterocycles. The molecule has 1 aromatic rings. The normalized spacial score (nSPS) is 19.0. The van der Waals surface area contributed by atoms with Crippen LogP contribution in [0.5, 0.6) is 0 Å². The quantitative estimate of drug-likeness (QED) is 0.894. The lowest BCUT2D eigenvalue weighted by Gasteiger charge is -2.35. The molecule has 0 saturated carbocycles. The molecule has 0 aliphatic carbocycles. The van der Waals surface area contributed by atoms with Gasteiger partial charge in [0.1, 0.15) is 0 Å². The third-order valence-corrected chi connectivity index (χ3v) is 4.57. The Bertz CT molecular complexity index is 508. The third-order valence-electron chi connectivity index (χ3n) is 4.57. The van der Waals surface area contributed by atoms with Gasteiger partial charge in [0.15, 0.2) is 0 Å². The van der Waals surface area contributed by atoms with Crippen LogP contribution in [-0.4, -0.2) is 25.7 Å². The number of nitrogens with one attached hydrogen (secondary N) is 1. The average Bonchev–Trinajstić information content (AvgIpc) is 2.50. The van der Waals surface area contributed by atoms with E-state index in [2.05, 4.69) is 37.4 Å². The maximum Gasteiger partial charge on any atom is 0.228 e. The largest absolute Gasteiger partial charge is 0.381 e. The van der Waals surface area contributed by atoms with Crippen LogP contribution in [0.4, 0.5) is 0 Å². The number of carbonyl (C=O) groups is 1. The van der Waals surface area contributed by atoms with Crippen LogP contribution >= 0.6 is 0 Å². The van der Waals surface area contributed by atoms with Gasteiger partial charge in [0.05, 0.1) is 11.5 Å². The molecular weight excluding hydrogens is 264 g/mol. The van der Waals surface area contributed by atoms with E-state index in [4.69, 9.17) is 10.5 Å². The van der Waals surface area contributed by atoms with E-state index >= 15 is 0 Å². The van der Waals surface area contributed by atoms with Gasteiger partial charge in [-0.15, -0.1) is 0 Å². The van der Waals surface area contributed by atoms with Crippen molar-refractivity contribution in [2.75, 3.05) is 19.8 Å². The molecule has 1 unspecified atom stereocenters. The second-order valence-electron chi connectivity index (χ2n) is 6.15. The van der Waals surface area contributed by atoms with Crippen molar-refractivity contribution in [1.82, 2.24) is 5.32 Å². The first-order valence-corrected chi connectivity index (χ1v) is 7.64. The Morgan fingerprint density at radius 1 is 1.38 bits per heavy atom. The second kappa shape index (κ2) is 6.58. The Hall–Kier alpha value is -1.39. The summed E-state index contributed by atoms with van der Waals surface area (Å²) in [6.45, 7) is 7.78. The maximum absolute atomic E-state index is 12.7. The molecule has 1 aliphatic rings. The van der Waals surface area contributed by atoms with E-state index in [9.17, 15) is 4.79 Å². The zero-order valence-corrected chi connectivity index (χ0v) is 13.2. The van der Waals surface area contributed by atoms with E-state index in [1.165, 1.54) is 16.7 Å². The monoisotopic (exact) mass is 290 g/mol. The predicted octanol–water partition coefficient (Wildman–Crippen LogP) is 2.24. The van der Waals surface area contributed by atoms with E-state index in [-0.39, 0.29) is 11.9 Å². The number of rotatable bonds is 4. The summed E-state index contributed by atoms with van der Waals surface area (Å²) < 4.78 is 5.37. The van der Waals surface area contributed by atoms with Gasteiger partial charge in [0, 0.05) is 19.8 Å². The SMILES string of the molecule is Cc1ccc(C)c(C(C)NC(=O)C2(CN)CCOCC2)c1. The highest BCUT2D eigenvalue weighted by atomic mass is 16.5. The highest BCUT2D eigenvalue weighted by molar-refractivity contribution is 5.83. The topological polar surface area (TPSA) is 64.4 Å². The molecule has 0 radical (unpaired) electrons. The van der Waals surface area contributed by atoms with Crippen LogP contribution in [0.2, 0.25) is 0 Å². The molecule has 1 atom stereocenters. The summed E-state index contributed by atoms with van der Waals surface area (Å²) in [5.74, 6) is 0.0571. The van der Waals surface area contributed by atoms with Crippen LogP contribution in [0.3, 0.4) is 0 Å². The molecule has 1 aliphatic heterocycles. The van der Waals surface area contributed by atoms with Gasteiger partial charge in [0.2, 0.25) is 5.91 Å². The smallest absolute Gasteiger partial charge is 0.228 e. The van der Waals surface area contributed by atoms with Gasteiger partial charge in [-0.1, -0.05) is 23.8 Å². The Labute approximate surface area is 127 Å². The van der Waals surface area contributed by atoms with Crippen molar-refractivity contribution in [3.05, 3.63) is 34.9 Å². The first kappa shape index (κ1) is 16.0. The fraction of sp³-hybridized carbons (Fsp3) is 0.588. The van der Waals surface area contributed by atoms with Crippen LogP contribution < -0.4 is 11.1 Å². The van der Waals surface area contributed by atoms with Gasteiger partial charge in [0.25, 0.3) is 0 Å². The molecule has 1 fully saturated rings. The molecule has 3 N–H and O–H groups in total. The highest BCUT2D eigenvalue weighted by Crippen LogP contribution is 2.31. The zero-order chi connectivity index (χ0) is 15.5. The van der Waals surface area contributed by atoms with E-state index in [1.807, 2.05) is 6.92 Å². The Morgan fingerprint density at radius 3 is 2.67 bits per heavy atom. The van der Waals surface area contributed by atoms with Crippen LogP contribution in [0.25, 0.3) is 0 Å². The summed E-state index contributed by atoms with van der Waals surface area (Å²) >= 11 is 0. The first-order valence-electron chi connectivity index (χ1n) is 7.64. The van der Waals surface area contributed by atoms with Gasteiger partial charge in [-0.2, -0.15) is 0 Å². The molecule has 1 saturated heterocycles. The molecule has 116 valence electrons. The lowest BCUT2D eigenvalue weighted by Crippen LogP contribution is -2.49. The Balaban J connectivity index is 2.12. The van der Waals surface area contributed by atoms with Crippen molar-refractivity contribution in [1.29, 1.82) is 0 Å². The molecule has 4 heteroatoms. The van der Waals surface area contributed by atoms with Crippen molar-refractivity contribution in [3.63, 3.8) is 0 Å². The number of nitrogens with two attached hydrogens (primary N) is 1. The molecule has 0 bridgehead atoms. The summed E-state index contributed by atoms with van der Waals surface area (Å²) in [4.78, 5) is 12.7. The molecule has 1 aromatic carbocycles. The van der Waals surface area contributed by atoms with Gasteiger partial charge in [-0.3, -0.25) is 4.79 Å². The fourth-order valence-corrected chi connectivity index (χ4v) is 2.94. The highest BCUT2D eigenvalue weighted by Gasteiger charge is 2.39. The van der Waals surface area contributed by atoms with E-state index in [0.29, 0.717) is 32.6 Å². The van der Waals surface area contributed by atoms with E-state index in [0.717, 1.165) is 0 Å². The summed E-state index contributed by atoms with van der Waals surface area (Å²) in [6, 6.07) is 6.32. The van der Waals surface area contributed by atoms with Crippen LogP contribution in [0.15, 0.2) is 18.2 Å². The summed E-state index contributed by atoms with van der Waals surface area (Å²) in [5, 5.41) is 3.15. The minimum Gasteiger partial charge on any atom is -0.381 e. The first-order chi connectivity index (χ1) is 9.98. The summed E-state index contributed by atoms with van der Waals surface area (Å²) in [5.41, 5.74) is 8.99. The zero-order valence-electron chi connectivity index (χ0n) is 13.2. The number of carbonyl (C=O) groups excluding carboxylic acids is 1. The van der Waals surface area contributed by atoms with Crippen LogP contribution in [0.1, 0.15) is 42.5 Å². The van der Waals surface area contributed by atoms with E-state index in [1.54, 1.807) is 0 Å². The number of hydrogen-bond acceptors (Lipinski definition) is 3. The molecule has 1 amide bonds. The van der Waals surface area contributed by atoms with Gasteiger partial charge in [-0.05, 0) is 44.7 Å². The number of aryl methyl sites for hydroxylation is 2. The molecule has 1 heterocycles. The van der Waals surface area contributed by atoms with Crippen molar-refractivity contribution in [2.24, 2.45) is 11.1 Å². The minimum absolute atomic E-state index is 0.0105. The minimum atomic E-state index is -0.468. The van der Waals surface area contributed by atoms with Crippen molar-refractivity contribution >= 4 is 5.91 Å². The lowest BCUT2D eigenvalue weighted by molar-refractivity contribution is -0.136. The fourth-order valence-electron chi connectivity index (χ4n) is 2.94. The lowest BCUT2D eigenvalue weighted by atomic mass is 9.79. The number of ether oxygens (including phenoxy) is 1. The molecule has 0 spiro atoms. The second-order valence-corrected chi connectivity index (χ2v) is 6.15. The molecular formula is C17H26N2O2. The predicted molar refractivity (Wildman–Crippen MR) is 84.0 cm³/mol. The van der Waals surface area contributed by atoms with Gasteiger partial charge >= 0.3 is 0 Å². The molecule has 4 nitrogen and oxygen atoms in total.